The number of allylic oxidation sites excluding steroid dienone is 1. The van der Waals surface area contributed by atoms with Crippen LogP contribution in [0.2, 0.25) is 0 Å². The lowest BCUT2D eigenvalue weighted by Gasteiger charge is -2.48. The average Bonchev–Trinajstić information content (AvgIpc) is 2.72. The van der Waals surface area contributed by atoms with Gasteiger partial charge in [0.05, 0.1) is 0 Å². The summed E-state index contributed by atoms with van der Waals surface area (Å²) in [6.07, 6.45) is 7.34. The molecule has 0 unspecified atom stereocenters. The largest absolute Gasteiger partial charge is 0.0990 e. The van der Waals surface area contributed by atoms with Gasteiger partial charge in [-0.05, 0) is 60.7 Å². The molecule has 3 aliphatic carbocycles. The molecule has 0 aliphatic heterocycles. The smallest absolute Gasteiger partial charge is 0.0116 e. The van der Waals surface area contributed by atoms with E-state index in [1.54, 1.807) is 5.57 Å². The van der Waals surface area contributed by atoms with Crippen molar-refractivity contribution in [2.75, 3.05) is 0 Å². The molecule has 4 atom stereocenters. The Labute approximate surface area is 94.1 Å². The van der Waals surface area contributed by atoms with Crippen molar-refractivity contribution in [1.29, 1.82) is 0 Å². The van der Waals surface area contributed by atoms with Crippen molar-refractivity contribution in [2.24, 2.45) is 28.6 Å². The molecule has 2 bridgehead atoms. The summed E-state index contributed by atoms with van der Waals surface area (Å²) in [6.45, 7) is 11.9. The Kier molecular flexibility index (Phi) is 1.79. The lowest BCUT2D eigenvalue weighted by molar-refractivity contribution is 0.0881. The van der Waals surface area contributed by atoms with Crippen molar-refractivity contribution >= 4 is 0 Å². The maximum atomic E-state index is 4.48. The van der Waals surface area contributed by atoms with Crippen molar-refractivity contribution in [3.05, 3.63) is 12.2 Å². The van der Waals surface area contributed by atoms with Crippen LogP contribution in [0, 0.1) is 28.6 Å². The molecule has 0 heterocycles. The molecule has 1 spiro atoms. The summed E-state index contributed by atoms with van der Waals surface area (Å²) in [5.41, 5.74) is 2.71. The summed E-state index contributed by atoms with van der Waals surface area (Å²) in [5, 5.41) is 0. The molecule has 0 radical (unpaired) electrons. The second-order valence-corrected chi connectivity index (χ2v) is 6.95. The van der Waals surface area contributed by atoms with E-state index in [0.717, 1.165) is 17.8 Å². The molecular weight excluding hydrogens is 180 g/mol. The van der Waals surface area contributed by atoms with Crippen molar-refractivity contribution in [3.8, 4) is 0 Å². The SMILES string of the molecule is C=C1[C@@H]2CC[C@@H](C)[C@]23CC[C@@H](C3)C1(C)C. The Morgan fingerprint density at radius 3 is 2.67 bits per heavy atom. The van der Waals surface area contributed by atoms with Gasteiger partial charge in [-0.25, -0.2) is 0 Å². The Morgan fingerprint density at radius 1 is 1.20 bits per heavy atom. The van der Waals surface area contributed by atoms with Gasteiger partial charge < -0.3 is 0 Å². The van der Waals surface area contributed by atoms with Gasteiger partial charge in [-0.15, -0.1) is 0 Å². The van der Waals surface area contributed by atoms with E-state index < -0.39 is 0 Å². The van der Waals surface area contributed by atoms with Crippen LogP contribution < -0.4 is 0 Å². The monoisotopic (exact) mass is 204 g/mol. The molecule has 3 rings (SSSR count). The second-order valence-electron chi connectivity index (χ2n) is 6.95. The van der Waals surface area contributed by atoms with E-state index in [9.17, 15) is 0 Å². The minimum Gasteiger partial charge on any atom is -0.0990 e. The van der Waals surface area contributed by atoms with Crippen LogP contribution in [-0.2, 0) is 0 Å². The zero-order chi connectivity index (χ0) is 10.8. The van der Waals surface area contributed by atoms with Gasteiger partial charge in [-0.3, -0.25) is 0 Å². The molecule has 0 N–H and O–H groups in total. The predicted octanol–water partition coefficient (Wildman–Crippen LogP) is 4.42. The maximum absolute atomic E-state index is 4.48. The van der Waals surface area contributed by atoms with Gasteiger partial charge in [0.25, 0.3) is 0 Å². The van der Waals surface area contributed by atoms with Crippen molar-refractivity contribution in [2.45, 2.75) is 52.9 Å². The predicted molar refractivity (Wildman–Crippen MR) is 64.6 cm³/mol. The minimum atomic E-state index is 0.425. The van der Waals surface area contributed by atoms with Gasteiger partial charge in [-0.1, -0.05) is 32.9 Å². The highest BCUT2D eigenvalue weighted by Crippen LogP contribution is 2.69. The molecule has 84 valence electrons. The zero-order valence-corrected chi connectivity index (χ0v) is 10.5. The van der Waals surface area contributed by atoms with E-state index in [-0.39, 0.29) is 0 Å². The summed E-state index contributed by atoms with van der Waals surface area (Å²) >= 11 is 0. The van der Waals surface area contributed by atoms with Gasteiger partial charge in [0.15, 0.2) is 0 Å². The highest BCUT2D eigenvalue weighted by atomic mass is 14.6. The molecule has 0 aromatic heterocycles. The maximum Gasteiger partial charge on any atom is -0.0116 e. The number of hydrogen-bond donors (Lipinski definition) is 0. The van der Waals surface area contributed by atoms with E-state index in [0.29, 0.717) is 10.8 Å². The van der Waals surface area contributed by atoms with E-state index in [2.05, 4.69) is 27.4 Å². The van der Waals surface area contributed by atoms with Gasteiger partial charge in [-0.2, -0.15) is 0 Å². The van der Waals surface area contributed by atoms with Crippen LogP contribution in [0.15, 0.2) is 12.2 Å². The normalized spacial score (nSPS) is 51.9. The fraction of sp³-hybridized carbons (Fsp3) is 0.867. The first-order valence-corrected chi connectivity index (χ1v) is 6.68. The first-order valence-electron chi connectivity index (χ1n) is 6.68. The standard InChI is InChI=1S/C15H24/c1-10-5-6-13-11(2)14(3,4)12-7-8-15(10,13)9-12/h10,12-13H,2,5-9H2,1,3-4H3/t10-,12+,13+,15-/m1/s1. The van der Waals surface area contributed by atoms with Crippen molar-refractivity contribution in [3.63, 3.8) is 0 Å². The van der Waals surface area contributed by atoms with Gasteiger partial charge in [0.2, 0.25) is 0 Å². The Balaban J connectivity index is 2.07. The van der Waals surface area contributed by atoms with Crippen molar-refractivity contribution < 1.29 is 0 Å². The van der Waals surface area contributed by atoms with Crippen LogP contribution in [-0.4, -0.2) is 0 Å². The van der Waals surface area contributed by atoms with E-state index in [1.165, 1.54) is 32.1 Å². The molecule has 3 aliphatic rings. The molecule has 0 amide bonds. The fourth-order valence-electron chi connectivity index (χ4n) is 5.05. The quantitative estimate of drug-likeness (QED) is 0.513. The third-order valence-electron chi connectivity index (χ3n) is 6.42. The van der Waals surface area contributed by atoms with Gasteiger partial charge >= 0.3 is 0 Å². The van der Waals surface area contributed by atoms with E-state index >= 15 is 0 Å². The van der Waals surface area contributed by atoms with Crippen LogP contribution in [0.5, 0.6) is 0 Å². The number of fused-ring (bicyclic) bond motifs is 1. The average molecular weight is 204 g/mol. The zero-order valence-electron chi connectivity index (χ0n) is 10.5. The molecule has 3 saturated carbocycles. The molecular formula is C15H24. The molecule has 0 nitrogen and oxygen atoms in total. The lowest BCUT2D eigenvalue weighted by atomic mass is 9.56. The molecule has 3 fully saturated rings. The van der Waals surface area contributed by atoms with Crippen LogP contribution in [0.3, 0.4) is 0 Å². The highest BCUT2D eigenvalue weighted by Gasteiger charge is 2.60. The fourth-order valence-corrected chi connectivity index (χ4v) is 5.05. The molecule has 0 aromatic rings. The Bertz CT molecular complexity index is 312. The third kappa shape index (κ3) is 0.990. The Morgan fingerprint density at radius 2 is 1.93 bits per heavy atom. The van der Waals surface area contributed by atoms with Crippen LogP contribution in [0.25, 0.3) is 0 Å². The highest BCUT2D eigenvalue weighted by molar-refractivity contribution is 5.26. The first kappa shape index (κ1) is 9.93. The minimum absolute atomic E-state index is 0.425. The number of rotatable bonds is 0. The topological polar surface area (TPSA) is 0 Å². The summed E-state index contributed by atoms with van der Waals surface area (Å²) in [6, 6.07) is 0. The van der Waals surface area contributed by atoms with Crippen LogP contribution >= 0.6 is 0 Å². The summed E-state index contributed by atoms with van der Waals surface area (Å²) < 4.78 is 0. The van der Waals surface area contributed by atoms with Gasteiger partial charge in [0, 0.05) is 0 Å². The summed E-state index contributed by atoms with van der Waals surface area (Å²) in [7, 11) is 0. The number of hydrogen-bond acceptors (Lipinski definition) is 0. The molecule has 0 heteroatoms. The summed E-state index contributed by atoms with van der Waals surface area (Å²) in [4.78, 5) is 0. The molecule has 0 saturated heterocycles. The molecule has 15 heavy (non-hydrogen) atoms. The van der Waals surface area contributed by atoms with Crippen molar-refractivity contribution in [1.82, 2.24) is 0 Å². The second kappa shape index (κ2) is 2.70. The Hall–Kier alpha value is -0.260. The van der Waals surface area contributed by atoms with Crippen LogP contribution in [0.4, 0.5) is 0 Å². The van der Waals surface area contributed by atoms with Crippen LogP contribution in [0.1, 0.15) is 52.9 Å². The third-order valence-corrected chi connectivity index (χ3v) is 6.42. The van der Waals surface area contributed by atoms with E-state index in [1.807, 2.05) is 0 Å². The first-order chi connectivity index (χ1) is 6.98. The summed E-state index contributed by atoms with van der Waals surface area (Å²) in [5.74, 6) is 2.75. The molecule has 0 aromatic carbocycles. The lowest BCUT2D eigenvalue weighted by Crippen LogP contribution is -2.40. The van der Waals surface area contributed by atoms with E-state index in [4.69, 9.17) is 0 Å². The van der Waals surface area contributed by atoms with Gasteiger partial charge in [0.1, 0.15) is 0 Å².